The number of carbonyl (C=O) groups excluding carboxylic acids is 2. The Kier molecular flexibility index (Phi) is 7.26. The number of para-hydroxylation sites is 1. The minimum absolute atomic E-state index is 0.0519. The molecular formula is C27H35N3O2. The van der Waals surface area contributed by atoms with Crippen LogP contribution in [-0.2, 0) is 22.7 Å². The first-order chi connectivity index (χ1) is 15.5. The number of nitrogens with one attached hydrogen (secondary N) is 1. The first kappa shape index (κ1) is 22.5. The van der Waals surface area contributed by atoms with E-state index in [1.807, 2.05) is 18.2 Å². The molecule has 1 aliphatic heterocycles. The monoisotopic (exact) mass is 433 g/mol. The topological polar surface area (TPSA) is 52.7 Å². The van der Waals surface area contributed by atoms with Gasteiger partial charge in [0.05, 0.1) is 5.92 Å². The molecule has 1 N–H and O–H groups in total. The predicted octanol–water partition coefficient (Wildman–Crippen LogP) is 4.75. The van der Waals surface area contributed by atoms with Crippen LogP contribution in [0.25, 0.3) is 0 Å². The minimum atomic E-state index is -0.308. The summed E-state index contributed by atoms with van der Waals surface area (Å²) in [6.07, 6.45) is 6.75. The molecule has 1 saturated heterocycles. The van der Waals surface area contributed by atoms with Gasteiger partial charge in [-0.25, -0.2) is 0 Å². The highest BCUT2D eigenvalue weighted by Crippen LogP contribution is 2.26. The van der Waals surface area contributed by atoms with Gasteiger partial charge in [0.1, 0.15) is 0 Å². The largest absolute Gasteiger partial charge is 0.338 e. The molecule has 0 spiro atoms. The summed E-state index contributed by atoms with van der Waals surface area (Å²) in [5.41, 5.74) is 4.30. The number of nitrogens with zero attached hydrogens (tertiary/aromatic N) is 2. The Morgan fingerprint density at radius 1 is 1.06 bits per heavy atom. The van der Waals surface area contributed by atoms with Crippen molar-refractivity contribution in [2.75, 3.05) is 18.9 Å². The zero-order valence-corrected chi connectivity index (χ0v) is 19.3. The lowest BCUT2D eigenvalue weighted by Gasteiger charge is -2.31. The van der Waals surface area contributed by atoms with E-state index in [-0.39, 0.29) is 24.2 Å². The molecule has 0 radical (unpaired) electrons. The normalized spacial score (nSPS) is 19.5. The summed E-state index contributed by atoms with van der Waals surface area (Å²) < 4.78 is 0. The molecule has 0 aromatic heterocycles. The molecule has 4 rings (SSSR count). The zero-order valence-electron chi connectivity index (χ0n) is 19.3. The molecule has 1 atom stereocenters. The lowest BCUT2D eigenvalue weighted by atomic mass is 9.94. The van der Waals surface area contributed by atoms with E-state index >= 15 is 0 Å². The molecule has 32 heavy (non-hydrogen) atoms. The molecule has 5 nitrogen and oxygen atoms in total. The Balaban J connectivity index is 1.36. The van der Waals surface area contributed by atoms with Crippen molar-refractivity contribution in [3.8, 4) is 0 Å². The number of aryl methyl sites for hydroxylation is 1. The van der Waals surface area contributed by atoms with Crippen LogP contribution in [0.1, 0.15) is 55.2 Å². The molecule has 2 fully saturated rings. The maximum absolute atomic E-state index is 13.0. The number of hydrogen-bond acceptors (Lipinski definition) is 3. The maximum atomic E-state index is 13.0. The zero-order chi connectivity index (χ0) is 22.5. The Morgan fingerprint density at radius 2 is 1.78 bits per heavy atom. The first-order valence-corrected chi connectivity index (χ1v) is 11.9. The van der Waals surface area contributed by atoms with Gasteiger partial charge in [0, 0.05) is 37.8 Å². The second-order valence-electron chi connectivity index (χ2n) is 9.51. The van der Waals surface area contributed by atoms with Crippen LogP contribution in [0, 0.1) is 12.8 Å². The predicted molar refractivity (Wildman–Crippen MR) is 128 cm³/mol. The highest BCUT2D eigenvalue weighted by molar-refractivity contribution is 5.97. The highest BCUT2D eigenvalue weighted by atomic mass is 16.2. The van der Waals surface area contributed by atoms with E-state index in [2.05, 4.69) is 54.5 Å². The number of hydrogen-bond donors (Lipinski definition) is 1. The summed E-state index contributed by atoms with van der Waals surface area (Å²) in [6.45, 7) is 3.91. The minimum Gasteiger partial charge on any atom is -0.338 e. The fourth-order valence-electron chi connectivity index (χ4n) is 4.95. The van der Waals surface area contributed by atoms with Crippen LogP contribution in [0.4, 0.5) is 5.69 Å². The standard InChI is InChI=1S/C27H35N3O2/c1-20-12-14-21(15-13-20)17-30-19-23(16-26(30)31)27(32)28-25-11-7-6-8-22(25)18-29(2)24-9-4-3-5-10-24/h6-8,11-15,23-24H,3-5,9-10,16-19H2,1-2H3,(H,28,32). The number of rotatable bonds is 7. The first-order valence-electron chi connectivity index (χ1n) is 11.9. The average Bonchev–Trinajstić information content (AvgIpc) is 3.17. The van der Waals surface area contributed by atoms with Gasteiger partial charge >= 0.3 is 0 Å². The van der Waals surface area contributed by atoms with E-state index in [0.29, 0.717) is 19.1 Å². The van der Waals surface area contributed by atoms with Crippen molar-refractivity contribution >= 4 is 17.5 Å². The van der Waals surface area contributed by atoms with Crippen molar-refractivity contribution in [3.63, 3.8) is 0 Å². The summed E-state index contributed by atoms with van der Waals surface area (Å²) in [4.78, 5) is 29.8. The maximum Gasteiger partial charge on any atom is 0.229 e. The fourth-order valence-corrected chi connectivity index (χ4v) is 4.95. The lowest BCUT2D eigenvalue weighted by molar-refractivity contribution is -0.128. The number of amides is 2. The summed E-state index contributed by atoms with van der Waals surface area (Å²) in [7, 11) is 2.19. The van der Waals surface area contributed by atoms with Crippen molar-refractivity contribution in [1.82, 2.24) is 9.80 Å². The molecule has 0 bridgehead atoms. The smallest absolute Gasteiger partial charge is 0.229 e. The molecule has 1 heterocycles. The average molecular weight is 434 g/mol. The van der Waals surface area contributed by atoms with Crippen molar-refractivity contribution in [3.05, 3.63) is 65.2 Å². The van der Waals surface area contributed by atoms with Gasteiger partial charge in [-0.2, -0.15) is 0 Å². The van der Waals surface area contributed by atoms with Crippen LogP contribution >= 0.6 is 0 Å². The Labute approximate surface area is 191 Å². The summed E-state index contributed by atoms with van der Waals surface area (Å²) in [5.74, 6) is -0.314. The van der Waals surface area contributed by atoms with E-state index in [9.17, 15) is 9.59 Å². The highest BCUT2D eigenvalue weighted by Gasteiger charge is 2.34. The Hall–Kier alpha value is -2.66. The Bertz CT molecular complexity index is 934. The molecule has 2 amide bonds. The van der Waals surface area contributed by atoms with Crippen LogP contribution in [0.3, 0.4) is 0 Å². The van der Waals surface area contributed by atoms with E-state index in [1.54, 1.807) is 4.90 Å². The lowest BCUT2D eigenvalue weighted by Crippen LogP contribution is -2.33. The third-order valence-corrected chi connectivity index (χ3v) is 6.97. The molecule has 1 unspecified atom stereocenters. The second kappa shape index (κ2) is 10.3. The quantitative estimate of drug-likeness (QED) is 0.686. The van der Waals surface area contributed by atoms with Crippen molar-refractivity contribution in [1.29, 1.82) is 0 Å². The molecule has 1 aliphatic carbocycles. The van der Waals surface area contributed by atoms with Crippen LogP contribution in [0.15, 0.2) is 48.5 Å². The molecule has 2 aromatic carbocycles. The van der Waals surface area contributed by atoms with Gasteiger partial charge in [-0.1, -0.05) is 67.3 Å². The molecule has 5 heteroatoms. The van der Waals surface area contributed by atoms with Gasteiger partial charge in [0.25, 0.3) is 0 Å². The molecule has 2 aliphatic rings. The number of likely N-dealkylation sites (tertiary alicyclic amines) is 1. The van der Waals surface area contributed by atoms with Crippen LogP contribution in [0.5, 0.6) is 0 Å². The number of benzene rings is 2. The van der Waals surface area contributed by atoms with Gasteiger partial charge in [-0.05, 0) is 44.0 Å². The third kappa shape index (κ3) is 5.57. The number of anilines is 1. The van der Waals surface area contributed by atoms with Gasteiger partial charge in [-0.15, -0.1) is 0 Å². The van der Waals surface area contributed by atoms with Crippen LogP contribution in [-0.4, -0.2) is 41.2 Å². The SMILES string of the molecule is Cc1ccc(CN2CC(C(=O)Nc3ccccc3CN(C)C3CCCCC3)CC2=O)cc1. The van der Waals surface area contributed by atoms with E-state index in [0.717, 1.165) is 23.4 Å². The van der Waals surface area contributed by atoms with Gasteiger partial charge in [-0.3, -0.25) is 14.5 Å². The van der Waals surface area contributed by atoms with E-state index < -0.39 is 0 Å². The summed E-state index contributed by atoms with van der Waals surface area (Å²) in [5, 5.41) is 3.13. The summed E-state index contributed by atoms with van der Waals surface area (Å²) >= 11 is 0. The van der Waals surface area contributed by atoms with Gasteiger partial charge in [0.15, 0.2) is 0 Å². The third-order valence-electron chi connectivity index (χ3n) is 6.97. The second-order valence-corrected chi connectivity index (χ2v) is 9.51. The van der Waals surface area contributed by atoms with Crippen molar-refractivity contribution < 1.29 is 9.59 Å². The number of carbonyl (C=O) groups is 2. The van der Waals surface area contributed by atoms with Gasteiger partial charge < -0.3 is 10.2 Å². The molecule has 2 aromatic rings. The van der Waals surface area contributed by atoms with Crippen LogP contribution < -0.4 is 5.32 Å². The van der Waals surface area contributed by atoms with Crippen LogP contribution in [0.2, 0.25) is 0 Å². The van der Waals surface area contributed by atoms with E-state index in [4.69, 9.17) is 0 Å². The van der Waals surface area contributed by atoms with Crippen molar-refractivity contribution in [2.24, 2.45) is 5.92 Å². The Morgan fingerprint density at radius 3 is 2.53 bits per heavy atom. The van der Waals surface area contributed by atoms with E-state index in [1.165, 1.54) is 37.7 Å². The van der Waals surface area contributed by atoms with Gasteiger partial charge in [0.2, 0.25) is 11.8 Å². The molecular weight excluding hydrogens is 398 g/mol. The van der Waals surface area contributed by atoms with Crippen molar-refractivity contribution in [2.45, 2.75) is 64.6 Å². The fraction of sp³-hybridized carbons (Fsp3) is 0.481. The molecule has 170 valence electrons. The summed E-state index contributed by atoms with van der Waals surface area (Å²) in [6, 6.07) is 16.9. The molecule has 1 saturated carbocycles.